The molecule has 5 N–H and O–H groups in total. The SMILES string of the molecule is COc1c(NCCSCc2csc(N=C(N)N)n2)c(=O)c1=O. The van der Waals surface area contributed by atoms with Crippen LogP contribution in [0, 0.1) is 0 Å². The lowest BCUT2D eigenvalue weighted by Gasteiger charge is -2.11. The number of nitrogens with two attached hydrogens (primary N) is 2. The zero-order chi connectivity index (χ0) is 16.1. The first kappa shape index (κ1) is 16.3. The molecule has 10 heteroatoms. The van der Waals surface area contributed by atoms with Crippen LogP contribution in [0.2, 0.25) is 0 Å². The van der Waals surface area contributed by atoms with E-state index in [4.69, 9.17) is 16.2 Å². The Bertz CT molecular complexity index is 744. The summed E-state index contributed by atoms with van der Waals surface area (Å²) < 4.78 is 4.84. The Morgan fingerprint density at radius 3 is 2.91 bits per heavy atom. The van der Waals surface area contributed by atoms with Crippen LogP contribution < -0.4 is 32.4 Å². The molecule has 2 rings (SSSR count). The van der Waals surface area contributed by atoms with E-state index in [1.165, 1.54) is 18.4 Å². The molecule has 22 heavy (non-hydrogen) atoms. The molecule has 118 valence electrons. The van der Waals surface area contributed by atoms with Gasteiger partial charge in [0.15, 0.2) is 11.7 Å². The number of methoxy groups -OCH3 is 1. The molecule has 0 spiro atoms. The van der Waals surface area contributed by atoms with Crippen molar-refractivity contribution in [1.82, 2.24) is 4.98 Å². The van der Waals surface area contributed by atoms with Crippen LogP contribution in [0.3, 0.4) is 0 Å². The first-order chi connectivity index (χ1) is 10.5. The lowest BCUT2D eigenvalue weighted by atomic mass is 10.2. The van der Waals surface area contributed by atoms with Crippen LogP contribution in [-0.4, -0.2) is 30.4 Å². The molecule has 8 nitrogen and oxygen atoms in total. The van der Waals surface area contributed by atoms with E-state index in [0.29, 0.717) is 17.4 Å². The molecule has 0 saturated carbocycles. The highest BCUT2D eigenvalue weighted by molar-refractivity contribution is 7.98. The summed E-state index contributed by atoms with van der Waals surface area (Å²) in [4.78, 5) is 30.6. The fraction of sp³-hybridized carbons (Fsp3) is 0.333. The Hall–Kier alpha value is -2.07. The standard InChI is InChI=1S/C12H15N5O3S2/c1-20-10-7(8(18)9(10)19)15-2-3-21-4-6-5-22-12(16-6)17-11(13)14/h5,15H,2-4H2,1H3,(H4,13,14,16,17). The predicted octanol–water partition coefficient (Wildman–Crippen LogP) is -0.00210. The maximum atomic E-state index is 11.3. The van der Waals surface area contributed by atoms with Crippen LogP contribution in [0.1, 0.15) is 5.69 Å². The molecule has 0 amide bonds. The second-order valence-electron chi connectivity index (χ2n) is 4.20. The van der Waals surface area contributed by atoms with Crippen molar-refractivity contribution in [3.8, 4) is 5.75 Å². The molecule has 1 heterocycles. The van der Waals surface area contributed by atoms with E-state index in [2.05, 4.69) is 15.3 Å². The number of ether oxygens (including phenoxy) is 1. The van der Waals surface area contributed by atoms with E-state index in [0.717, 1.165) is 11.4 Å². The van der Waals surface area contributed by atoms with Crippen LogP contribution in [0.4, 0.5) is 10.8 Å². The number of aliphatic imine (C=N–C) groups is 1. The number of hydrogen-bond acceptors (Lipinski definition) is 8. The first-order valence-corrected chi connectivity index (χ1v) is 8.29. The van der Waals surface area contributed by atoms with E-state index in [-0.39, 0.29) is 17.4 Å². The zero-order valence-electron chi connectivity index (χ0n) is 11.8. The number of anilines is 1. The van der Waals surface area contributed by atoms with Gasteiger partial charge < -0.3 is 21.5 Å². The third-order valence-electron chi connectivity index (χ3n) is 2.63. The summed E-state index contributed by atoms with van der Waals surface area (Å²) in [5.41, 5.74) is 10.6. The molecular weight excluding hydrogens is 326 g/mol. The Kier molecular flexibility index (Phi) is 5.39. The predicted molar refractivity (Wildman–Crippen MR) is 90.1 cm³/mol. The topological polar surface area (TPSA) is 133 Å². The normalized spacial score (nSPS) is 10.6. The summed E-state index contributed by atoms with van der Waals surface area (Å²) in [5.74, 6) is 1.55. The zero-order valence-corrected chi connectivity index (χ0v) is 13.4. The van der Waals surface area contributed by atoms with Crippen molar-refractivity contribution >= 4 is 39.9 Å². The smallest absolute Gasteiger partial charge is 0.271 e. The molecule has 0 bridgehead atoms. The molecule has 0 aliphatic heterocycles. The molecule has 0 aliphatic rings. The highest BCUT2D eigenvalue weighted by Crippen LogP contribution is 2.22. The number of nitrogens with one attached hydrogen (secondary N) is 1. The molecular formula is C12H15N5O3S2. The molecule has 0 fully saturated rings. The van der Waals surface area contributed by atoms with Crippen LogP contribution >= 0.6 is 23.1 Å². The number of thiazole rings is 1. The second kappa shape index (κ2) is 7.27. The summed E-state index contributed by atoms with van der Waals surface area (Å²) >= 11 is 3.01. The van der Waals surface area contributed by atoms with E-state index < -0.39 is 10.9 Å². The summed E-state index contributed by atoms with van der Waals surface area (Å²) in [6, 6.07) is 0. The van der Waals surface area contributed by atoms with Gasteiger partial charge in [0.25, 0.3) is 10.9 Å². The van der Waals surface area contributed by atoms with Crippen molar-refractivity contribution in [2.24, 2.45) is 16.5 Å². The monoisotopic (exact) mass is 341 g/mol. The molecule has 0 aliphatic carbocycles. The molecule has 0 saturated heterocycles. The van der Waals surface area contributed by atoms with Crippen LogP contribution in [0.5, 0.6) is 5.75 Å². The highest BCUT2D eigenvalue weighted by Gasteiger charge is 2.20. The second-order valence-corrected chi connectivity index (χ2v) is 6.15. The van der Waals surface area contributed by atoms with Gasteiger partial charge in [0.1, 0.15) is 5.69 Å². The third-order valence-corrected chi connectivity index (χ3v) is 4.41. The van der Waals surface area contributed by atoms with Crippen molar-refractivity contribution in [3.05, 3.63) is 31.5 Å². The summed E-state index contributed by atoms with van der Waals surface area (Å²) in [7, 11) is 1.37. The van der Waals surface area contributed by atoms with E-state index in [1.807, 2.05) is 5.38 Å². The Labute approximate surface area is 134 Å². The third kappa shape index (κ3) is 3.77. The van der Waals surface area contributed by atoms with Crippen molar-refractivity contribution in [3.63, 3.8) is 0 Å². The molecule has 1 aromatic carbocycles. The van der Waals surface area contributed by atoms with Crippen LogP contribution in [-0.2, 0) is 5.75 Å². The van der Waals surface area contributed by atoms with Crippen LogP contribution in [0.25, 0.3) is 0 Å². The number of rotatable bonds is 8. The molecule has 0 unspecified atom stereocenters. The van der Waals surface area contributed by atoms with Crippen LogP contribution in [0.15, 0.2) is 20.0 Å². The minimum atomic E-state index is -0.576. The maximum Gasteiger partial charge on any atom is 0.271 e. The van der Waals surface area contributed by atoms with Crippen molar-refractivity contribution < 1.29 is 4.74 Å². The van der Waals surface area contributed by atoms with Crippen molar-refractivity contribution in [1.29, 1.82) is 0 Å². The van der Waals surface area contributed by atoms with Gasteiger partial charge >= 0.3 is 0 Å². The molecule has 2 aromatic rings. The van der Waals surface area contributed by atoms with Gasteiger partial charge in [0.05, 0.1) is 12.8 Å². The van der Waals surface area contributed by atoms with Gasteiger partial charge in [0.2, 0.25) is 5.13 Å². The average molecular weight is 341 g/mol. The van der Waals surface area contributed by atoms with Crippen molar-refractivity contribution in [2.45, 2.75) is 5.75 Å². The number of guanidine groups is 1. The van der Waals surface area contributed by atoms with Gasteiger partial charge in [-0.1, -0.05) is 0 Å². The minimum Gasteiger partial charge on any atom is -0.491 e. The number of aromatic nitrogens is 1. The lowest BCUT2D eigenvalue weighted by molar-refractivity contribution is 0.407. The average Bonchev–Trinajstić information content (AvgIpc) is 2.91. The van der Waals surface area contributed by atoms with E-state index >= 15 is 0 Å². The quantitative estimate of drug-likeness (QED) is 0.264. The summed E-state index contributed by atoms with van der Waals surface area (Å²) in [5, 5.41) is 5.33. The van der Waals surface area contributed by atoms with Gasteiger partial charge in [-0.25, -0.2) is 4.98 Å². The largest absolute Gasteiger partial charge is 0.491 e. The highest BCUT2D eigenvalue weighted by atomic mass is 32.2. The number of nitrogens with zero attached hydrogens (tertiary/aromatic N) is 2. The van der Waals surface area contributed by atoms with E-state index in [1.54, 1.807) is 11.8 Å². The summed E-state index contributed by atoms with van der Waals surface area (Å²) in [6.07, 6.45) is 0. The van der Waals surface area contributed by atoms with Gasteiger partial charge in [-0.15, -0.1) is 11.3 Å². The molecule has 0 atom stereocenters. The van der Waals surface area contributed by atoms with Gasteiger partial charge in [0, 0.05) is 23.4 Å². The Morgan fingerprint density at radius 1 is 1.45 bits per heavy atom. The van der Waals surface area contributed by atoms with Gasteiger partial charge in [-0.3, -0.25) is 9.59 Å². The fourth-order valence-electron chi connectivity index (χ4n) is 1.68. The molecule has 1 aromatic heterocycles. The van der Waals surface area contributed by atoms with E-state index in [9.17, 15) is 9.59 Å². The lowest BCUT2D eigenvalue weighted by Crippen LogP contribution is -2.35. The first-order valence-electron chi connectivity index (χ1n) is 6.26. The fourth-order valence-corrected chi connectivity index (χ4v) is 3.23. The maximum absolute atomic E-state index is 11.3. The minimum absolute atomic E-state index is 0.0142. The van der Waals surface area contributed by atoms with Crippen molar-refractivity contribution in [2.75, 3.05) is 24.7 Å². The summed E-state index contributed by atoms with van der Waals surface area (Å²) in [6.45, 7) is 0.552. The van der Waals surface area contributed by atoms with Gasteiger partial charge in [-0.2, -0.15) is 16.8 Å². The molecule has 0 radical (unpaired) electrons. The Morgan fingerprint density at radius 2 is 2.23 bits per heavy atom. The van der Waals surface area contributed by atoms with Gasteiger partial charge in [-0.05, 0) is 0 Å². The Balaban J connectivity index is 1.73. The number of hydrogen-bond donors (Lipinski definition) is 3. The number of thioether (sulfide) groups is 1.